The zero-order valence-corrected chi connectivity index (χ0v) is 8.87. The van der Waals surface area contributed by atoms with Crippen LogP contribution in [0.3, 0.4) is 0 Å². The van der Waals surface area contributed by atoms with Gasteiger partial charge in [0.1, 0.15) is 0 Å². The van der Waals surface area contributed by atoms with Crippen LogP contribution in [0.4, 0.5) is 0 Å². The second-order valence-electron chi connectivity index (χ2n) is 1.90. The molecule has 0 atom stereocenters. The predicted molar refractivity (Wildman–Crippen MR) is 48.5 cm³/mol. The van der Waals surface area contributed by atoms with Gasteiger partial charge in [-0.3, -0.25) is 8.37 Å². The molecule has 0 saturated heterocycles. The molecule has 0 aromatic carbocycles. The lowest BCUT2D eigenvalue weighted by Gasteiger charge is -1.91. The number of hydrogen-bond donors (Lipinski definition) is 2. The highest BCUT2D eigenvalue weighted by atomic mass is 32.3. The van der Waals surface area contributed by atoms with Crippen LogP contribution in [0.2, 0.25) is 0 Å². The fourth-order valence-electron chi connectivity index (χ4n) is 0.139. The number of hydrogen-bond acceptors (Lipinski definition) is 6. The molecule has 14 heavy (non-hydrogen) atoms. The van der Waals surface area contributed by atoms with Crippen molar-refractivity contribution < 1.29 is 26.7 Å². The highest BCUT2D eigenvalue weighted by molar-refractivity contribution is 7.81. The van der Waals surface area contributed by atoms with Crippen molar-refractivity contribution in [1.29, 1.82) is 0 Å². The summed E-state index contributed by atoms with van der Waals surface area (Å²) in [5, 5.41) is 8.03. The number of carbonyl (C=O) groups is 1. The second kappa shape index (κ2) is 7.30. The number of aliphatic carboxylic acids is 1. The van der Waals surface area contributed by atoms with Crippen LogP contribution in [0.15, 0.2) is 11.8 Å². The van der Waals surface area contributed by atoms with Crippen molar-refractivity contribution in [2.45, 2.75) is 6.92 Å². The minimum absolute atomic E-state index is 0.167. The van der Waals surface area contributed by atoms with E-state index >= 15 is 0 Å². The van der Waals surface area contributed by atoms with Crippen molar-refractivity contribution in [2.75, 3.05) is 14.2 Å². The van der Waals surface area contributed by atoms with E-state index in [1.54, 1.807) is 0 Å². The highest BCUT2D eigenvalue weighted by Crippen LogP contribution is 1.86. The number of rotatable bonds is 3. The number of carboxylic acids is 1. The molecule has 0 aliphatic heterocycles. The summed E-state index contributed by atoms with van der Waals surface area (Å²) in [6.45, 7) is 1.43. The maximum absolute atomic E-state index is 9.92. The Labute approximate surface area is 82.4 Å². The summed E-state index contributed by atoms with van der Waals surface area (Å²) < 4.78 is 27.5. The summed E-state index contributed by atoms with van der Waals surface area (Å²) in [6, 6.07) is 0. The predicted octanol–water partition coefficient (Wildman–Crippen LogP) is -0.542. The van der Waals surface area contributed by atoms with E-state index in [2.05, 4.69) is 8.37 Å². The van der Waals surface area contributed by atoms with Gasteiger partial charge in [0.15, 0.2) is 0 Å². The molecule has 0 amide bonds. The Morgan fingerprint density at radius 3 is 1.71 bits per heavy atom. The first-order chi connectivity index (χ1) is 6.30. The quantitative estimate of drug-likeness (QED) is 0.622. The average Bonchev–Trinajstić information content (AvgIpc) is 2.17. The fourth-order valence-corrected chi connectivity index (χ4v) is 0.275. The van der Waals surface area contributed by atoms with E-state index < -0.39 is 16.4 Å². The Hall–Kier alpha value is -1.12. The second-order valence-corrected chi connectivity index (χ2v) is 3.38. The van der Waals surface area contributed by atoms with Gasteiger partial charge in [-0.25, -0.2) is 4.79 Å². The van der Waals surface area contributed by atoms with Crippen molar-refractivity contribution in [3.8, 4) is 0 Å². The summed E-state index contributed by atoms with van der Waals surface area (Å²) in [5.41, 5.74) is 5.00. The largest absolute Gasteiger partial charge is 0.478 e. The standard InChI is InChI=1S/C4H7NO2.C2H6O4S/c1-3(2-5)4(6)7;1-5-7(3,4)6-2/h2H,5H2,1H3,(H,6,7);1-2H3. The lowest BCUT2D eigenvalue weighted by molar-refractivity contribution is -0.132. The van der Waals surface area contributed by atoms with Crippen LogP contribution in [-0.4, -0.2) is 33.7 Å². The molecule has 0 rings (SSSR count). The minimum Gasteiger partial charge on any atom is -0.478 e. The summed E-state index contributed by atoms with van der Waals surface area (Å²) in [7, 11) is -1.60. The van der Waals surface area contributed by atoms with Crippen LogP contribution >= 0.6 is 0 Å². The summed E-state index contributed by atoms with van der Waals surface area (Å²) in [5.74, 6) is -0.970. The van der Waals surface area contributed by atoms with Gasteiger partial charge in [0.05, 0.1) is 14.2 Å². The molecule has 0 aromatic rings. The smallest absolute Gasteiger partial charge is 0.399 e. The third kappa shape index (κ3) is 8.97. The first-order valence-corrected chi connectivity index (χ1v) is 4.62. The molecule has 0 aliphatic rings. The van der Waals surface area contributed by atoms with Gasteiger partial charge in [-0.1, -0.05) is 0 Å². The van der Waals surface area contributed by atoms with Gasteiger partial charge in [0, 0.05) is 11.8 Å². The third-order valence-corrected chi connectivity index (χ3v) is 1.81. The summed E-state index contributed by atoms with van der Waals surface area (Å²) >= 11 is 0. The van der Waals surface area contributed by atoms with Crippen LogP contribution < -0.4 is 5.73 Å². The molecule has 0 spiro atoms. The van der Waals surface area contributed by atoms with Gasteiger partial charge in [0.2, 0.25) is 0 Å². The molecule has 0 unspecified atom stereocenters. The van der Waals surface area contributed by atoms with Gasteiger partial charge in [-0.2, -0.15) is 8.42 Å². The molecule has 0 aliphatic carbocycles. The van der Waals surface area contributed by atoms with Crippen LogP contribution in [0.1, 0.15) is 6.92 Å². The third-order valence-electron chi connectivity index (χ3n) is 0.996. The molecule has 0 fully saturated rings. The summed E-state index contributed by atoms with van der Waals surface area (Å²) in [4.78, 5) is 9.78. The molecule has 0 heterocycles. The molecule has 84 valence electrons. The fraction of sp³-hybridized carbons (Fsp3) is 0.500. The molecule has 0 bridgehead atoms. The average molecular weight is 227 g/mol. The Morgan fingerprint density at radius 1 is 1.36 bits per heavy atom. The van der Waals surface area contributed by atoms with E-state index in [-0.39, 0.29) is 5.57 Å². The van der Waals surface area contributed by atoms with Crippen LogP contribution in [0.25, 0.3) is 0 Å². The van der Waals surface area contributed by atoms with E-state index in [4.69, 9.17) is 10.8 Å². The Morgan fingerprint density at radius 2 is 1.71 bits per heavy atom. The minimum atomic E-state index is -3.66. The SMILES string of the molecule is CC(=CN)C(=O)O.COS(=O)(=O)OC. The van der Waals surface area contributed by atoms with Crippen molar-refractivity contribution in [1.82, 2.24) is 0 Å². The molecule has 7 nitrogen and oxygen atoms in total. The van der Waals surface area contributed by atoms with Crippen molar-refractivity contribution in [3.05, 3.63) is 11.8 Å². The van der Waals surface area contributed by atoms with E-state index in [9.17, 15) is 13.2 Å². The maximum atomic E-state index is 9.92. The van der Waals surface area contributed by atoms with Crippen molar-refractivity contribution in [3.63, 3.8) is 0 Å². The Balaban J connectivity index is 0. The Kier molecular flexibility index (Phi) is 8.01. The normalized spacial score (nSPS) is 11.5. The molecular weight excluding hydrogens is 214 g/mol. The van der Waals surface area contributed by atoms with E-state index in [0.717, 1.165) is 20.4 Å². The van der Waals surface area contributed by atoms with Gasteiger partial charge in [-0.05, 0) is 6.92 Å². The van der Waals surface area contributed by atoms with Gasteiger partial charge in [0.25, 0.3) is 0 Å². The molecular formula is C6H13NO6S. The monoisotopic (exact) mass is 227 g/mol. The first kappa shape index (κ1) is 15.4. The Bertz CT molecular complexity index is 283. The molecule has 0 aromatic heterocycles. The lowest BCUT2D eigenvalue weighted by atomic mass is 10.3. The highest BCUT2D eigenvalue weighted by Gasteiger charge is 2.01. The zero-order valence-electron chi connectivity index (χ0n) is 8.05. The van der Waals surface area contributed by atoms with Gasteiger partial charge in [-0.15, -0.1) is 0 Å². The zero-order chi connectivity index (χ0) is 11.8. The van der Waals surface area contributed by atoms with Crippen LogP contribution in [0.5, 0.6) is 0 Å². The van der Waals surface area contributed by atoms with Crippen LogP contribution in [-0.2, 0) is 23.6 Å². The topological polar surface area (TPSA) is 116 Å². The molecule has 8 heteroatoms. The molecule has 3 N–H and O–H groups in total. The van der Waals surface area contributed by atoms with E-state index in [1.165, 1.54) is 6.92 Å². The van der Waals surface area contributed by atoms with E-state index in [0.29, 0.717) is 0 Å². The number of nitrogens with two attached hydrogens (primary N) is 1. The van der Waals surface area contributed by atoms with Crippen LogP contribution in [0, 0.1) is 0 Å². The van der Waals surface area contributed by atoms with Crippen molar-refractivity contribution >= 4 is 16.4 Å². The maximum Gasteiger partial charge on any atom is 0.399 e. The van der Waals surface area contributed by atoms with E-state index in [1.807, 2.05) is 0 Å². The lowest BCUT2D eigenvalue weighted by Crippen LogP contribution is -2.02. The summed E-state index contributed by atoms with van der Waals surface area (Å²) in [6.07, 6.45) is 1.06. The number of carboxylic acid groups (broad SMARTS) is 1. The first-order valence-electron chi connectivity index (χ1n) is 3.28. The molecule has 0 radical (unpaired) electrons. The van der Waals surface area contributed by atoms with Crippen molar-refractivity contribution in [2.24, 2.45) is 5.73 Å². The molecule has 0 saturated carbocycles. The van der Waals surface area contributed by atoms with Gasteiger partial charge < -0.3 is 10.8 Å². The van der Waals surface area contributed by atoms with Gasteiger partial charge >= 0.3 is 16.4 Å².